The second-order valence-corrected chi connectivity index (χ2v) is 5.96. The molecule has 0 atom stereocenters. The average molecular weight is 348 g/mol. The minimum Gasteiger partial charge on any atom is -0.429 e. The Morgan fingerprint density at radius 2 is 1.73 bits per heavy atom. The summed E-state index contributed by atoms with van der Waals surface area (Å²) >= 11 is 0. The van der Waals surface area contributed by atoms with Gasteiger partial charge in [-0.15, -0.1) is 5.10 Å². The highest BCUT2D eigenvalue weighted by Crippen LogP contribution is 2.24. The second-order valence-electron chi connectivity index (χ2n) is 5.96. The number of oxazole rings is 1. The molecule has 2 heterocycles. The molecule has 0 fully saturated rings. The van der Waals surface area contributed by atoms with Crippen LogP contribution in [-0.2, 0) is 0 Å². The van der Waals surface area contributed by atoms with Gasteiger partial charge in [0.05, 0.1) is 11.9 Å². The molecule has 0 spiro atoms. The molecular formula is C19H20N6O. The number of hydrogen-bond donors (Lipinski definition) is 2. The van der Waals surface area contributed by atoms with Crippen LogP contribution in [0.4, 0.5) is 23.3 Å². The monoisotopic (exact) mass is 348 g/mol. The largest absolute Gasteiger partial charge is 0.429 e. The topological polar surface area (TPSA) is 80.8 Å². The molecule has 4 aromatic rings. The molecule has 0 bridgehead atoms. The van der Waals surface area contributed by atoms with Gasteiger partial charge in [-0.1, -0.05) is 18.2 Å². The number of nitrogens with zero attached hydrogens (tertiary/aromatic N) is 4. The molecule has 0 aliphatic carbocycles. The van der Waals surface area contributed by atoms with Gasteiger partial charge in [-0.25, -0.2) is 9.67 Å². The zero-order chi connectivity index (χ0) is 17.9. The van der Waals surface area contributed by atoms with Crippen LogP contribution >= 0.6 is 0 Å². The first-order valence-corrected chi connectivity index (χ1v) is 8.21. The van der Waals surface area contributed by atoms with Gasteiger partial charge >= 0.3 is 0 Å². The zero-order valence-electron chi connectivity index (χ0n) is 14.5. The molecule has 2 N–H and O–H groups in total. The molecule has 0 aliphatic rings. The van der Waals surface area contributed by atoms with Crippen LogP contribution in [0.3, 0.4) is 0 Å². The molecule has 0 saturated heterocycles. The highest BCUT2D eigenvalue weighted by molar-refractivity contribution is 5.65. The van der Waals surface area contributed by atoms with E-state index in [1.54, 1.807) is 17.2 Å². The van der Waals surface area contributed by atoms with Crippen LogP contribution in [0.15, 0.2) is 65.5 Å². The predicted octanol–water partition coefficient (Wildman–Crippen LogP) is 4.61. The van der Waals surface area contributed by atoms with Crippen LogP contribution in [0.2, 0.25) is 0 Å². The molecule has 4 rings (SSSR count). The van der Waals surface area contributed by atoms with Crippen molar-refractivity contribution in [3.8, 4) is 5.69 Å². The molecule has 2 aromatic heterocycles. The van der Waals surface area contributed by atoms with E-state index in [1.807, 2.05) is 62.4 Å². The number of benzene rings is 2. The van der Waals surface area contributed by atoms with Crippen LogP contribution in [0.1, 0.15) is 12.8 Å². The Bertz CT molecular complexity index is 1030. The Balaban J connectivity index is 0.00000210. The molecule has 2 aromatic carbocycles. The van der Waals surface area contributed by atoms with E-state index in [0.717, 1.165) is 28.4 Å². The van der Waals surface area contributed by atoms with Gasteiger partial charge in [0, 0.05) is 12.8 Å². The highest BCUT2D eigenvalue weighted by Gasteiger charge is 2.06. The number of aromatic nitrogens is 4. The summed E-state index contributed by atoms with van der Waals surface area (Å²) in [7, 11) is 0. The van der Waals surface area contributed by atoms with E-state index in [-0.39, 0.29) is 1.43 Å². The number of para-hydroxylation sites is 1. The average Bonchev–Trinajstić information content (AvgIpc) is 3.24. The van der Waals surface area contributed by atoms with Gasteiger partial charge in [0.25, 0.3) is 6.01 Å². The maximum Gasteiger partial charge on any atom is 0.299 e. The molecule has 0 unspecified atom stereocenters. The minimum atomic E-state index is 0. The van der Waals surface area contributed by atoms with E-state index >= 15 is 0 Å². The SMILES string of the molecule is Cc1cc(Nc2ncn(-c3ccccc3)n2)cc(Nc2ncc(C)o2)c1.[HH]. The van der Waals surface area contributed by atoms with E-state index in [0.29, 0.717) is 12.0 Å². The van der Waals surface area contributed by atoms with E-state index in [4.69, 9.17) is 4.42 Å². The van der Waals surface area contributed by atoms with Crippen molar-refractivity contribution in [2.24, 2.45) is 0 Å². The van der Waals surface area contributed by atoms with Crippen molar-refractivity contribution in [1.82, 2.24) is 19.7 Å². The number of aryl methyl sites for hydroxylation is 2. The van der Waals surface area contributed by atoms with E-state index in [2.05, 4.69) is 25.7 Å². The Kier molecular flexibility index (Phi) is 4.10. The van der Waals surface area contributed by atoms with Gasteiger partial charge in [0.1, 0.15) is 12.1 Å². The molecule has 0 amide bonds. The summed E-state index contributed by atoms with van der Waals surface area (Å²) < 4.78 is 7.20. The zero-order valence-corrected chi connectivity index (χ0v) is 14.5. The van der Waals surface area contributed by atoms with Crippen molar-refractivity contribution >= 4 is 23.3 Å². The van der Waals surface area contributed by atoms with Gasteiger partial charge in [0.2, 0.25) is 5.95 Å². The summed E-state index contributed by atoms with van der Waals surface area (Å²) in [6.45, 7) is 3.88. The van der Waals surface area contributed by atoms with Crippen molar-refractivity contribution in [1.29, 1.82) is 0 Å². The van der Waals surface area contributed by atoms with Crippen LogP contribution in [-0.4, -0.2) is 19.7 Å². The summed E-state index contributed by atoms with van der Waals surface area (Å²) in [5, 5.41) is 10.9. The lowest BCUT2D eigenvalue weighted by Gasteiger charge is -2.08. The maximum atomic E-state index is 5.47. The Hall–Kier alpha value is -3.61. The van der Waals surface area contributed by atoms with Crippen LogP contribution in [0.25, 0.3) is 5.69 Å². The minimum absolute atomic E-state index is 0. The summed E-state index contributed by atoms with van der Waals surface area (Å²) in [5.41, 5.74) is 3.79. The van der Waals surface area contributed by atoms with Gasteiger partial charge in [-0.3, -0.25) is 0 Å². The molecule has 0 saturated carbocycles. The molecular weight excluding hydrogens is 328 g/mol. The Labute approximate surface area is 152 Å². The van der Waals surface area contributed by atoms with E-state index in [1.165, 1.54) is 0 Å². The van der Waals surface area contributed by atoms with E-state index < -0.39 is 0 Å². The third kappa shape index (κ3) is 3.56. The smallest absolute Gasteiger partial charge is 0.299 e. The summed E-state index contributed by atoms with van der Waals surface area (Å²) in [4.78, 5) is 8.49. The Morgan fingerprint density at radius 1 is 0.962 bits per heavy atom. The summed E-state index contributed by atoms with van der Waals surface area (Å²) in [5.74, 6) is 1.28. The van der Waals surface area contributed by atoms with Gasteiger partial charge < -0.3 is 15.1 Å². The number of nitrogens with one attached hydrogen (secondary N) is 2. The first-order valence-electron chi connectivity index (χ1n) is 8.21. The number of rotatable bonds is 5. The van der Waals surface area contributed by atoms with Gasteiger partial charge in [0.15, 0.2) is 0 Å². The first-order chi connectivity index (χ1) is 12.7. The lowest BCUT2D eigenvalue weighted by molar-refractivity contribution is 0.546. The molecule has 0 aliphatic heterocycles. The third-order valence-electron chi connectivity index (χ3n) is 3.72. The van der Waals surface area contributed by atoms with Crippen molar-refractivity contribution in [3.05, 3.63) is 72.4 Å². The lowest BCUT2D eigenvalue weighted by atomic mass is 10.2. The number of hydrogen-bond acceptors (Lipinski definition) is 6. The fraction of sp³-hybridized carbons (Fsp3) is 0.105. The molecule has 7 heteroatoms. The lowest BCUT2D eigenvalue weighted by Crippen LogP contribution is -1.98. The molecule has 132 valence electrons. The second kappa shape index (κ2) is 6.72. The van der Waals surface area contributed by atoms with Gasteiger partial charge in [-0.2, -0.15) is 4.98 Å². The van der Waals surface area contributed by atoms with Crippen molar-refractivity contribution < 1.29 is 5.84 Å². The van der Waals surface area contributed by atoms with Crippen molar-refractivity contribution in [2.75, 3.05) is 10.6 Å². The van der Waals surface area contributed by atoms with Crippen molar-refractivity contribution in [2.45, 2.75) is 13.8 Å². The normalized spacial score (nSPS) is 10.7. The predicted molar refractivity (Wildman–Crippen MR) is 102 cm³/mol. The van der Waals surface area contributed by atoms with Crippen LogP contribution in [0.5, 0.6) is 0 Å². The fourth-order valence-electron chi connectivity index (χ4n) is 2.62. The maximum absolute atomic E-state index is 5.47. The van der Waals surface area contributed by atoms with Gasteiger partial charge in [-0.05, 0) is 49.7 Å². The third-order valence-corrected chi connectivity index (χ3v) is 3.72. The quantitative estimate of drug-likeness (QED) is 0.548. The molecule has 7 nitrogen and oxygen atoms in total. The van der Waals surface area contributed by atoms with E-state index in [9.17, 15) is 0 Å². The number of anilines is 4. The summed E-state index contributed by atoms with van der Waals surface area (Å²) in [6.07, 6.45) is 3.36. The summed E-state index contributed by atoms with van der Waals surface area (Å²) in [6, 6.07) is 16.3. The highest BCUT2D eigenvalue weighted by atomic mass is 16.4. The first kappa shape index (κ1) is 15.9. The standard InChI is InChI=1S/C19H18N6O.H2/c1-13-8-15(10-16(9-13)23-19-20-11-14(2)26-19)22-18-21-12-25(24-18)17-6-4-3-5-7-17;/h3-12H,1-2H3,(H,20,23)(H,22,24);1H. The molecule has 26 heavy (non-hydrogen) atoms. The fourth-order valence-corrected chi connectivity index (χ4v) is 2.62. The van der Waals surface area contributed by atoms with Crippen LogP contribution < -0.4 is 10.6 Å². The van der Waals surface area contributed by atoms with Crippen molar-refractivity contribution in [3.63, 3.8) is 0 Å². The molecule has 0 radical (unpaired) electrons. The van der Waals surface area contributed by atoms with Crippen LogP contribution in [0, 0.1) is 13.8 Å². The Morgan fingerprint density at radius 3 is 2.46 bits per heavy atom.